The SMILES string of the molecule is COc1cccc(CCCCC(=O)O[Si](C)(C)C)c1. The third-order valence-corrected chi connectivity index (χ3v) is 3.49. The lowest BCUT2D eigenvalue weighted by atomic mass is 10.1. The third-order valence-electron chi connectivity index (χ3n) is 2.65. The first kappa shape index (κ1) is 15.8. The van der Waals surface area contributed by atoms with E-state index in [0.29, 0.717) is 6.42 Å². The number of hydrogen-bond donors (Lipinski definition) is 0. The van der Waals surface area contributed by atoms with E-state index in [2.05, 4.69) is 6.07 Å². The van der Waals surface area contributed by atoms with Crippen molar-refractivity contribution in [1.29, 1.82) is 0 Å². The van der Waals surface area contributed by atoms with Gasteiger partial charge in [-0.3, -0.25) is 4.79 Å². The van der Waals surface area contributed by atoms with Crippen LogP contribution in [0.5, 0.6) is 5.75 Å². The van der Waals surface area contributed by atoms with Crippen LogP contribution in [0, 0.1) is 0 Å². The molecule has 0 spiro atoms. The summed E-state index contributed by atoms with van der Waals surface area (Å²) in [6.45, 7) is 6.09. The molecule has 1 aromatic rings. The molecule has 1 rings (SSSR count). The zero-order chi connectivity index (χ0) is 14.3. The molecule has 1 aromatic carbocycles. The Morgan fingerprint density at radius 1 is 1.21 bits per heavy atom. The first-order valence-corrected chi connectivity index (χ1v) is 10.2. The molecule has 0 aliphatic carbocycles. The summed E-state index contributed by atoms with van der Waals surface area (Å²) in [4.78, 5) is 11.6. The second-order valence-corrected chi connectivity index (χ2v) is 10.1. The summed E-state index contributed by atoms with van der Waals surface area (Å²) in [5.74, 6) is 0.834. The number of rotatable bonds is 7. The monoisotopic (exact) mass is 280 g/mol. The molecule has 0 aromatic heterocycles. The van der Waals surface area contributed by atoms with Gasteiger partial charge in [-0.1, -0.05) is 12.1 Å². The first-order chi connectivity index (χ1) is 8.90. The molecule has 0 saturated carbocycles. The number of carbonyl (C=O) groups is 1. The standard InChI is InChI=1S/C15H24O3Si/c1-17-14-10-7-9-13(12-14)8-5-6-11-15(16)18-19(2,3)4/h7,9-10,12H,5-6,8,11H2,1-4H3. The molecule has 0 N–H and O–H groups in total. The van der Waals surface area contributed by atoms with Gasteiger partial charge in [0.1, 0.15) is 5.75 Å². The molecule has 0 fully saturated rings. The van der Waals surface area contributed by atoms with Gasteiger partial charge < -0.3 is 9.16 Å². The maximum atomic E-state index is 11.6. The van der Waals surface area contributed by atoms with Crippen LogP contribution in [0.15, 0.2) is 24.3 Å². The minimum Gasteiger partial charge on any atom is -0.520 e. The van der Waals surface area contributed by atoms with Crippen molar-refractivity contribution in [1.82, 2.24) is 0 Å². The van der Waals surface area contributed by atoms with Crippen molar-refractivity contribution in [2.24, 2.45) is 0 Å². The number of methoxy groups -OCH3 is 1. The summed E-state index contributed by atoms with van der Waals surface area (Å²) in [5.41, 5.74) is 1.25. The molecule has 19 heavy (non-hydrogen) atoms. The van der Waals surface area contributed by atoms with E-state index >= 15 is 0 Å². The maximum absolute atomic E-state index is 11.6. The second kappa shape index (κ2) is 7.33. The molecule has 0 unspecified atom stereocenters. The van der Waals surface area contributed by atoms with Crippen molar-refractivity contribution in [3.05, 3.63) is 29.8 Å². The fraction of sp³-hybridized carbons (Fsp3) is 0.533. The van der Waals surface area contributed by atoms with Crippen LogP contribution in [-0.2, 0) is 15.6 Å². The Balaban J connectivity index is 2.25. The Morgan fingerprint density at radius 2 is 1.95 bits per heavy atom. The smallest absolute Gasteiger partial charge is 0.292 e. The van der Waals surface area contributed by atoms with E-state index in [9.17, 15) is 4.79 Å². The molecule has 0 saturated heterocycles. The van der Waals surface area contributed by atoms with E-state index < -0.39 is 8.32 Å². The second-order valence-electron chi connectivity index (χ2n) is 5.65. The predicted molar refractivity (Wildman–Crippen MR) is 80.0 cm³/mol. The topological polar surface area (TPSA) is 35.5 Å². The Hall–Kier alpha value is -1.29. The Bertz CT molecular complexity index is 410. The number of benzene rings is 1. The molecule has 0 bridgehead atoms. The Labute approximate surface area is 117 Å². The first-order valence-electron chi connectivity index (χ1n) is 6.75. The van der Waals surface area contributed by atoms with Gasteiger partial charge in [0.2, 0.25) is 8.32 Å². The van der Waals surface area contributed by atoms with Crippen LogP contribution < -0.4 is 4.74 Å². The summed E-state index contributed by atoms with van der Waals surface area (Å²) in [6, 6.07) is 8.06. The van der Waals surface area contributed by atoms with Crippen molar-refractivity contribution < 1.29 is 14.0 Å². The molecular formula is C15H24O3Si. The highest BCUT2D eigenvalue weighted by atomic mass is 28.4. The molecule has 4 heteroatoms. The number of hydrogen-bond acceptors (Lipinski definition) is 3. The van der Waals surface area contributed by atoms with E-state index in [0.717, 1.165) is 25.0 Å². The number of aryl methyl sites for hydroxylation is 1. The van der Waals surface area contributed by atoms with E-state index in [-0.39, 0.29) is 5.97 Å². The van der Waals surface area contributed by atoms with Gasteiger partial charge in [-0.2, -0.15) is 0 Å². The van der Waals surface area contributed by atoms with Gasteiger partial charge in [0.15, 0.2) is 0 Å². The minimum absolute atomic E-state index is 0.0511. The van der Waals surface area contributed by atoms with Gasteiger partial charge in [-0.25, -0.2) is 0 Å². The fourth-order valence-corrected chi connectivity index (χ4v) is 2.60. The van der Waals surface area contributed by atoms with Gasteiger partial charge in [0.25, 0.3) is 5.97 Å². The quantitative estimate of drug-likeness (QED) is 0.563. The zero-order valence-corrected chi connectivity index (χ0v) is 13.4. The van der Waals surface area contributed by atoms with Gasteiger partial charge in [0, 0.05) is 6.42 Å². The van der Waals surface area contributed by atoms with Crippen molar-refractivity contribution in [2.45, 2.75) is 45.3 Å². The molecule has 0 aliphatic rings. The largest absolute Gasteiger partial charge is 0.520 e. The highest BCUT2D eigenvalue weighted by Crippen LogP contribution is 2.15. The molecule has 3 nitrogen and oxygen atoms in total. The third kappa shape index (κ3) is 7.01. The Kier molecular flexibility index (Phi) is 6.08. The number of unbranched alkanes of at least 4 members (excludes halogenated alkanes) is 1. The zero-order valence-electron chi connectivity index (χ0n) is 12.4. The van der Waals surface area contributed by atoms with Crippen LogP contribution in [0.4, 0.5) is 0 Å². The normalized spacial score (nSPS) is 11.2. The van der Waals surface area contributed by atoms with Crippen molar-refractivity contribution in [2.75, 3.05) is 7.11 Å². The van der Waals surface area contributed by atoms with Crippen LogP contribution >= 0.6 is 0 Å². The summed E-state index contributed by atoms with van der Waals surface area (Å²) >= 11 is 0. The van der Waals surface area contributed by atoms with Crippen LogP contribution in [0.3, 0.4) is 0 Å². The van der Waals surface area contributed by atoms with Crippen LogP contribution in [0.2, 0.25) is 19.6 Å². The molecule has 0 aliphatic heterocycles. The summed E-state index contributed by atoms with van der Waals surface area (Å²) in [6.07, 6.45) is 3.36. The summed E-state index contributed by atoms with van der Waals surface area (Å²) in [7, 11) is -0.0507. The number of ether oxygens (including phenoxy) is 1. The molecular weight excluding hydrogens is 256 g/mol. The van der Waals surface area contributed by atoms with Crippen LogP contribution in [0.1, 0.15) is 24.8 Å². The van der Waals surface area contributed by atoms with E-state index in [1.54, 1.807) is 7.11 Å². The van der Waals surface area contributed by atoms with Gasteiger partial charge >= 0.3 is 0 Å². The molecule has 0 radical (unpaired) electrons. The van der Waals surface area contributed by atoms with Crippen LogP contribution in [-0.4, -0.2) is 21.4 Å². The molecule has 0 amide bonds. The number of carbonyl (C=O) groups excluding carboxylic acids is 1. The lowest BCUT2D eigenvalue weighted by Crippen LogP contribution is -2.28. The molecule has 0 atom stereocenters. The molecule has 106 valence electrons. The van der Waals surface area contributed by atoms with Crippen LogP contribution in [0.25, 0.3) is 0 Å². The van der Waals surface area contributed by atoms with Crippen molar-refractivity contribution in [3.63, 3.8) is 0 Å². The van der Waals surface area contributed by atoms with E-state index in [1.165, 1.54) is 5.56 Å². The van der Waals surface area contributed by atoms with Gasteiger partial charge in [-0.05, 0) is 56.6 Å². The van der Waals surface area contributed by atoms with Crippen molar-refractivity contribution >= 4 is 14.3 Å². The van der Waals surface area contributed by atoms with Gasteiger partial charge in [-0.15, -0.1) is 0 Å². The molecule has 0 heterocycles. The lowest BCUT2D eigenvalue weighted by Gasteiger charge is -2.17. The highest BCUT2D eigenvalue weighted by molar-refractivity contribution is 6.71. The Morgan fingerprint density at radius 3 is 2.58 bits per heavy atom. The highest BCUT2D eigenvalue weighted by Gasteiger charge is 2.19. The minimum atomic E-state index is -1.72. The van der Waals surface area contributed by atoms with E-state index in [4.69, 9.17) is 9.16 Å². The predicted octanol–water partition coefficient (Wildman–Crippen LogP) is 3.79. The summed E-state index contributed by atoms with van der Waals surface area (Å²) in [5, 5.41) is 0. The maximum Gasteiger partial charge on any atom is 0.292 e. The van der Waals surface area contributed by atoms with Gasteiger partial charge in [0.05, 0.1) is 7.11 Å². The summed E-state index contributed by atoms with van der Waals surface area (Å²) < 4.78 is 10.6. The van der Waals surface area contributed by atoms with E-state index in [1.807, 2.05) is 37.8 Å². The fourth-order valence-electron chi connectivity index (χ4n) is 1.82. The average molecular weight is 280 g/mol. The lowest BCUT2D eigenvalue weighted by molar-refractivity contribution is -0.135. The van der Waals surface area contributed by atoms with Crippen molar-refractivity contribution in [3.8, 4) is 5.75 Å². The average Bonchev–Trinajstić information content (AvgIpc) is 2.33.